The minimum atomic E-state index is -0.564. The summed E-state index contributed by atoms with van der Waals surface area (Å²) in [7, 11) is 1.56. The van der Waals surface area contributed by atoms with Gasteiger partial charge in [-0.1, -0.05) is 49.4 Å². The summed E-state index contributed by atoms with van der Waals surface area (Å²) >= 11 is 0. The summed E-state index contributed by atoms with van der Waals surface area (Å²) < 4.78 is 13.1. The van der Waals surface area contributed by atoms with E-state index >= 15 is 0 Å². The summed E-state index contributed by atoms with van der Waals surface area (Å²) in [5.74, 6) is -0.666. The van der Waals surface area contributed by atoms with Gasteiger partial charge in [0.2, 0.25) is 11.8 Å². The molecule has 0 fully saturated rings. The van der Waals surface area contributed by atoms with Crippen molar-refractivity contribution in [3.8, 4) is 0 Å². The largest absolute Gasteiger partial charge is 0.357 e. The van der Waals surface area contributed by atoms with Crippen LogP contribution in [-0.4, -0.2) is 29.8 Å². The third-order valence-electron chi connectivity index (χ3n) is 4.10. The predicted octanol–water partition coefficient (Wildman–Crippen LogP) is 2.92. The Hall–Kier alpha value is -2.69. The molecule has 1 N–H and O–H groups in total. The molecule has 0 saturated carbocycles. The Morgan fingerprint density at radius 1 is 1.04 bits per heavy atom. The number of amides is 2. The van der Waals surface area contributed by atoms with Crippen molar-refractivity contribution in [1.29, 1.82) is 0 Å². The van der Waals surface area contributed by atoms with Gasteiger partial charge >= 0.3 is 0 Å². The standard InChI is InChI=1S/C20H23FN2O2/c1-3-18(20(25)22-2)23(14-16-9-11-17(21)12-10-16)19(24)13-15-7-5-4-6-8-15/h4-12,18H,3,13-14H2,1-2H3,(H,22,25). The molecule has 1 unspecified atom stereocenters. The van der Waals surface area contributed by atoms with Gasteiger partial charge in [0.25, 0.3) is 0 Å². The highest BCUT2D eigenvalue weighted by Crippen LogP contribution is 2.15. The maximum atomic E-state index is 13.1. The summed E-state index contributed by atoms with van der Waals surface area (Å²) in [5, 5.41) is 2.62. The van der Waals surface area contributed by atoms with Gasteiger partial charge in [0.05, 0.1) is 6.42 Å². The van der Waals surface area contributed by atoms with Gasteiger partial charge in [0.15, 0.2) is 0 Å². The van der Waals surface area contributed by atoms with Gasteiger partial charge in [-0.15, -0.1) is 0 Å². The van der Waals surface area contributed by atoms with Crippen molar-refractivity contribution in [2.75, 3.05) is 7.05 Å². The van der Waals surface area contributed by atoms with E-state index in [4.69, 9.17) is 0 Å². The second-order valence-electron chi connectivity index (χ2n) is 5.85. The fraction of sp³-hybridized carbons (Fsp3) is 0.300. The zero-order valence-corrected chi connectivity index (χ0v) is 14.5. The Morgan fingerprint density at radius 2 is 1.68 bits per heavy atom. The van der Waals surface area contributed by atoms with E-state index in [0.29, 0.717) is 6.42 Å². The summed E-state index contributed by atoms with van der Waals surface area (Å²) in [6, 6.07) is 14.8. The zero-order valence-electron chi connectivity index (χ0n) is 14.5. The molecule has 5 heteroatoms. The zero-order chi connectivity index (χ0) is 18.2. The number of carbonyl (C=O) groups is 2. The minimum absolute atomic E-state index is 0.133. The molecule has 0 heterocycles. The molecule has 0 aliphatic heterocycles. The minimum Gasteiger partial charge on any atom is -0.357 e. The molecule has 1 atom stereocenters. The molecule has 25 heavy (non-hydrogen) atoms. The molecule has 2 amide bonds. The number of halogens is 1. The average Bonchev–Trinajstić information content (AvgIpc) is 2.63. The Balaban J connectivity index is 2.25. The van der Waals surface area contributed by atoms with Crippen molar-refractivity contribution < 1.29 is 14.0 Å². The maximum Gasteiger partial charge on any atom is 0.242 e. The van der Waals surface area contributed by atoms with E-state index < -0.39 is 6.04 Å². The number of carbonyl (C=O) groups excluding carboxylic acids is 2. The van der Waals surface area contributed by atoms with Gasteiger partial charge in [0.1, 0.15) is 11.9 Å². The Bertz CT molecular complexity index is 701. The first-order valence-corrected chi connectivity index (χ1v) is 8.34. The van der Waals surface area contributed by atoms with Crippen LogP contribution in [0.15, 0.2) is 54.6 Å². The molecule has 132 valence electrons. The van der Waals surface area contributed by atoms with Crippen LogP contribution in [-0.2, 0) is 22.6 Å². The second-order valence-corrected chi connectivity index (χ2v) is 5.85. The van der Waals surface area contributed by atoms with Gasteiger partial charge in [0, 0.05) is 13.6 Å². The quantitative estimate of drug-likeness (QED) is 0.841. The first kappa shape index (κ1) is 18.6. The number of nitrogens with zero attached hydrogens (tertiary/aromatic N) is 1. The first-order valence-electron chi connectivity index (χ1n) is 8.34. The van der Waals surface area contributed by atoms with Crippen molar-refractivity contribution in [1.82, 2.24) is 10.2 Å². The highest BCUT2D eigenvalue weighted by Gasteiger charge is 2.27. The summed E-state index contributed by atoms with van der Waals surface area (Å²) in [6.07, 6.45) is 0.719. The van der Waals surface area contributed by atoms with Crippen molar-refractivity contribution in [2.45, 2.75) is 32.4 Å². The molecule has 2 aromatic rings. The molecule has 2 rings (SSSR count). The summed E-state index contributed by atoms with van der Waals surface area (Å²) in [4.78, 5) is 26.7. The molecule has 0 spiro atoms. The molecule has 0 bridgehead atoms. The van der Waals surface area contributed by atoms with Crippen molar-refractivity contribution in [2.24, 2.45) is 0 Å². The molecule has 4 nitrogen and oxygen atoms in total. The van der Waals surface area contributed by atoms with Crippen molar-refractivity contribution >= 4 is 11.8 Å². The van der Waals surface area contributed by atoms with E-state index in [2.05, 4.69) is 5.32 Å². The Morgan fingerprint density at radius 3 is 2.24 bits per heavy atom. The SMILES string of the molecule is CCC(C(=O)NC)N(Cc1ccc(F)cc1)C(=O)Cc1ccccc1. The van der Waals surface area contributed by atoms with E-state index in [9.17, 15) is 14.0 Å². The fourth-order valence-corrected chi connectivity index (χ4v) is 2.74. The lowest BCUT2D eigenvalue weighted by molar-refractivity contribution is -0.140. The molecule has 0 aliphatic rings. The molecule has 0 saturated heterocycles. The number of rotatable bonds is 7. The molecule has 2 aromatic carbocycles. The van der Waals surface area contributed by atoms with Crippen LogP contribution in [0, 0.1) is 5.82 Å². The van der Waals surface area contributed by atoms with Crippen molar-refractivity contribution in [3.63, 3.8) is 0 Å². The van der Waals surface area contributed by atoms with Crippen LogP contribution in [0.1, 0.15) is 24.5 Å². The topological polar surface area (TPSA) is 49.4 Å². The number of likely N-dealkylation sites (N-methyl/N-ethyl adjacent to an activating group) is 1. The number of nitrogens with one attached hydrogen (secondary N) is 1. The smallest absolute Gasteiger partial charge is 0.242 e. The van der Waals surface area contributed by atoms with Gasteiger partial charge in [-0.3, -0.25) is 9.59 Å². The maximum absolute atomic E-state index is 13.1. The number of hydrogen-bond donors (Lipinski definition) is 1. The molecule has 0 aromatic heterocycles. The normalized spacial score (nSPS) is 11.6. The fourth-order valence-electron chi connectivity index (χ4n) is 2.74. The van der Waals surface area contributed by atoms with E-state index in [0.717, 1.165) is 11.1 Å². The molecule has 0 radical (unpaired) electrons. The number of hydrogen-bond acceptors (Lipinski definition) is 2. The lowest BCUT2D eigenvalue weighted by atomic mass is 10.1. The van der Waals surface area contributed by atoms with Gasteiger partial charge in [-0.2, -0.15) is 0 Å². The highest BCUT2D eigenvalue weighted by atomic mass is 19.1. The van der Waals surface area contributed by atoms with E-state index in [1.807, 2.05) is 37.3 Å². The van der Waals surface area contributed by atoms with Crippen LogP contribution in [0.4, 0.5) is 4.39 Å². The van der Waals surface area contributed by atoms with Crippen LogP contribution in [0.3, 0.4) is 0 Å². The van der Waals surface area contributed by atoms with E-state index in [1.165, 1.54) is 12.1 Å². The summed E-state index contributed by atoms with van der Waals surface area (Å²) in [5.41, 5.74) is 1.67. The second kappa shape index (κ2) is 8.97. The van der Waals surface area contributed by atoms with Crippen LogP contribution >= 0.6 is 0 Å². The summed E-state index contributed by atoms with van der Waals surface area (Å²) in [6.45, 7) is 2.13. The average molecular weight is 342 g/mol. The van der Waals surface area contributed by atoms with Crippen LogP contribution in [0.25, 0.3) is 0 Å². The molecular weight excluding hydrogens is 319 g/mol. The predicted molar refractivity (Wildman–Crippen MR) is 95.2 cm³/mol. The van der Waals surface area contributed by atoms with Crippen LogP contribution < -0.4 is 5.32 Å². The van der Waals surface area contributed by atoms with Gasteiger partial charge < -0.3 is 10.2 Å². The van der Waals surface area contributed by atoms with Crippen LogP contribution in [0.2, 0.25) is 0 Å². The van der Waals surface area contributed by atoms with Gasteiger partial charge in [-0.25, -0.2) is 4.39 Å². The molecule has 0 aliphatic carbocycles. The third-order valence-corrected chi connectivity index (χ3v) is 4.10. The van der Waals surface area contributed by atoms with Gasteiger partial charge in [-0.05, 0) is 29.7 Å². The van der Waals surface area contributed by atoms with Crippen LogP contribution in [0.5, 0.6) is 0 Å². The Labute approximate surface area is 147 Å². The lowest BCUT2D eigenvalue weighted by Gasteiger charge is -2.30. The Kier molecular flexibility index (Phi) is 6.69. The van der Waals surface area contributed by atoms with E-state index in [1.54, 1.807) is 24.1 Å². The van der Waals surface area contributed by atoms with E-state index in [-0.39, 0.29) is 30.6 Å². The third kappa shape index (κ3) is 5.14. The first-order chi connectivity index (χ1) is 12.0. The number of benzene rings is 2. The lowest BCUT2D eigenvalue weighted by Crippen LogP contribution is -2.48. The van der Waals surface area contributed by atoms with Crippen molar-refractivity contribution in [3.05, 3.63) is 71.5 Å². The monoisotopic (exact) mass is 342 g/mol. The molecular formula is C20H23FN2O2. The highest BCUT2D eigenvalue weighted by molar-refractivity contribution is 5.88.